The summed E-state index contributed by atoms with van der Waals surface area (Å²) in [5, 5.41) is 0.363. The minimum Gasteiger partial charge on any atom is -0.369 e. The molecule has 0 spiro atoms. The molecule has 0 radical (unpaired) electrons. The van der Waals surface area contributed by atoms with Gasteiger partial charge in [-0.05, 0) is 12.5 Å². The molecule has 0 bridgehead atoms. The van der Waals surface area contributed by atoms with Gasteiger partial charge in [0, 0.05) is 12.8 Å². The number of hydrogen-bond acceptors (Lipinski definition) is 4. The first-order valence-corrected chi connectivity index (χ1v) is 5.95. The molecule has 2 N–H and O–H groups in total. The monoisotopic (exact) mass is 254 g/mol. The van der Waals surface area contributed by atoms with Gasteiger partial charge in [-0.25, -0.2) is 9.97 Å². The maximum absolute atomic E-state index is 5.94. The summed E-state index contributed by atoms with van der Waals surface area (Å²) >= 11 is 5.94. The van der Waals surface area contributed by atoms with Gasteiger partial charge in [-0.1, -0.05) is 24.9 Å². The second kappa shape index (κ2) is 5.33. The molecule has 6 heteroatoms. The number of imidazole rings is 1. The number of halogens is 1. The topological polar surface area (TPSA) is 66.0 Å². The quantitative estimate of drug-likeness (QED) is 0.657. The Balaban J connectivity index is 2.21. The van der Waals surface area contributed by atoms with Crippen molar-refractivity contribution in [2.24, 2.45) is 0 Å². The number of pyridine rings is 1. The van der Waals surface area contributed by atoms with Crippen molar-refractivity contribution in [3.05, 3.63) is 17.4 Å². The number of nitrogens with zero attached hydrogens (tertiary/aromatic N) is 3. The third-order valence-electron chi connectivity index (χ3n) is 2.51. The Bertz CT molecular complexity index is 511. The Morgan fingerprint density at radius 3 is 3.12 bits per heavy atom. The number of nitrogen functional groups attached to an aromatic ring is 1. The number of anilines is 1. The summed E-state index contributed by atoms with van der Waals surface area (Å²) in [7, 11) is 0. The van der Waals surface area contributed by atoms with Crippen molar-refractivity contribution in [3.63, 3.8) is 0 Å². The van der Waals surface area contributed by atoms with Crippen molar-refractivity contribution in [3.8, 4) is 0 Å². The molecule has 2 heterocycles. The van der Waals surface area contributed by atoms with E-state index in [-0.39, 0.29) is 0 Å². The van der Waals surface area contributed by atoms with E-state index >= 15 is 0 Å². The normalized spacial score (nSPS) is 11.2. The molecule has 0 aromatic carbocycles. The van der Waals surface area contributed by atoms with Crippen LogP contribution >= 0.6 is 11.6 Å². The number of fused-ring (bicyclic) bond motifs is 1. The first-order chi connectivity index (χ1) is 8.24. The number of ether oxygens (including phenoxy) is 1. The molecule has 0 aliphatic rings. The predicted octanol–water partition coefficient (Wildman–Crippen LogP) is 2.44. The molecule has 92 valence electrons. The molecule has 2 rings (SSSR count). The maximum atomic E-state index is 5.94. The minimum absolute atomic E-state index is 0.363. The Kier molecular flexibility index (Phi) is 3.81. The fraction of sp³-hybridized carbons (Fsp3) is 0.455. The van der Waals surface area contributed by atoms with Gasteiger partial charge in [0.2, 0.25) is 5.95 Å². The van der Waals surface area contributed by atoms with Gasteiger partial charge in [0.15, 0.2) is 5.15 Å². The third-order valence-corrected chi connectivity index (χ3v) is 2.79. The second-order valence-electron chi connectivity index (χ2n) is 3.76. The fourth-order valence-corrected chi connectivity index (χ4v) is 1.77. The summed E-state index contributed by atoms with van der Waals surface area (Å²) in [6.45, 7) is 3.23. The zero-order valence-corrected chi connectivity index (χ0v) is 10.4. The molecule has 0 amide bonds. The lowest BCUT2D eigenvalue weighted by atomic mass is 10.4. The molecular formula is C11H15ClN4O. The maximum Gasteiger partial charge on any atom is 0.203 e. The molecule has 2 aromatic rings. The molecule has 0 saturated carbocycles. The van der Waals surface area contributed by atoms with Crippen molar-refractivity contribution in [2.45, 2.75) is 26.5 Å². The average molecular weight is 255 g/mol. The highest BCUT2D eigenvalue weighted by molar-refractivity contribution is 6.33. The largest absolute Gasteiger partial charge is 0.369 e. The Morgan fingerprint density at radius 1 is 1.53 bits per heavy atom. The number of aromatic nitrogens is 3. The smallest absolute Gasteiger partial charge is 0.203 e. The van der Waals surface area contributed by atoms with Gasteiger partial charge < -0.3 is 10.5 Å². The van der Waals surface area contributed by atoms with Crippen molar-refractivity contribution < 1.29 is 4.74 Å². The van der Waals surface area contributed by atoms with Gasteiger partial charge in [0.1, 0.15) is 12.2 Å². The van der Waals surface area contributed by atoms with E-state index in [0.717, 1.165) is 18.4 Å². The van der Waals surface area contributed by atoms with Crippen LogP contribution < -0.4 is 5.73 Å². The van der Waals surface area contributed by atoms with Crippen LogP contribution in [0.2, 0.25) is 5.15 Å². The molecule has 0 unspecified atom stereocenters. The van der Waals surface area contributed by atoms with Gasteiger partial charge in [-0.15, -0.1) is 0 Å². The van der Waals surface area contributed by atoms with E-state index in [4.69, 9.17) is 22.1 Å². The van der Waals surface area contributed by atoms with Gasteiger partial charge >= 0.3 is 0 Å². The van der Waals surface area contributed by atoms with E-state index in [9.17, 15) is 0 Å². The van der Waals surface area contributed by atoms with Crippen LogP contribution in [0.5, 0.6) is 0 Å². The average Bonchev–Trinajstić information content (AvgIpc) is 2.63. The lowest BCUT2D eigenvalue weighted by Crippen LogP contribution is -2.07. The lowest BCUT2D eigenvalue weighted by molar-refractivity contribution is 0.0787. The van der Waals surface area contributed by atoms with Crippen LogP contribution in [-0.4, -0.2) is 21.1 Å². The van der Waals surface area contributed by atoms with E-state index in [1.807, 2.05) is 6.07 Å². The molecule has 0 atom stereocenters. The molecular weight excluding hydrogens is 240 g/mol. The number of nitrogens with two attached hydrogens (primary N) is 1. The molecule has 2 aromatic heterocycles. The molecule has 0 fully saturated rings. The van der Waals surface area contributed by atoms with E-state index in [1.54, 1.807) is 10.8 Å². The SMILES string of the molecule is CCCCOCn1c(N)nc2c(Cl)nccc21. The van der Waals surface area contributed by atoms with Crippen LogP contribution in [0.1, 0.15) is 19.8 Å². The van der Waals surface area contributed by atoms with Crippen LogP contribution in [0.3, 0.4) is 0 Å². The van der Waals surface area contributed by atoms with E-state index < -0.39 is 0 Å². The molecule has 0 aliphatic carbocycles. The zero-order valence-electron chi connectivity index (χ0n) is 9.69. The first-order valence-electron chi connectivity index (χ1n) is 5.58. The Labute approximate surface area is 105 Å². The van der Waals surface area contributed by atoms with E-state index in [2.05, 4.69) is 16.9 Å². The summed E-state index contributed by atoms with van der Waals surface area (Å²) in [4.78, 5) is 8.14. The highest BCUT2D eigenvalue weighted by Gasteiger charge is 2.10. The highest BCUT2D eigenvalue weighted by atomic mass is 35.5. The molecule has 0 aliphatic heterocycles. The fourth-order valence-electron chi connectivity index (χ4n) is 1.58. The summed E-state index contributed by atoms with van der Waals surface area (Å²) < 4.78 is 7.32. The van der Waals surface area contributed by atoms with Crippen molar-refractivity contribution in [1.82, 2.24) is 14.5 Å². The Hall–Kier alpha value is -1.33. The van der Waals surface area contributed by atoms with Crippen LogP contribution in [0, 0.1) is 0 Å². The van der Waals surface area contributed by atoms with Gasteiger partial charge in [0.05, 0.1) is 5.52 Å². The lowest BCUT2D eigenvalue weighted by Gasteiger charge is -2.07. The van der Waals surface area contributed by atoms with Crippen molar-refractivity contribution in [2.75, 3.05) is 12.3 Å². The summed E-state index contributed by atoms with van der Waals surface area (Å²) in [5.74, 6) is 0.395. The standard InChI is InChI=1S/C11H15ClN4O/c1-2-3-6-17-7-16-8-4-5-14-10(12)9(8)15-11(16)13/h4-5H,2-3,6-7H2,1H3,(H2,13,15). The van der Waals surface area contributed by atoms with Crippen LogP contribution in [-0.2, 0) is 11.5 Å². The van der Waals surface area contributed by atoms with E-state index in [1.165, 1.54) is 0 Å². The first kappa shape index (κ1) is 12.1. The second-order valence-corrected chi connectivity index (χ2v) is 4.12. The Morgan fingerprint density at radius 2 is 2.35 bits per heavy atom. The molecule has 0 saturated heterocycles. The molecule has 5 nitrogen and oxygen atoms in total. The zero-order chi connectivity index (χ0) is 12.3. The predicted molar refractivity (Wildman–Crippen MR) is 67.8 cm³/mol. The van der Waals surface area contributed by atoms with Crippen molar-refractivity contribution >= 4 is 28.6 Å². The van der Waals surface area contributed by atoms with Crippen LogP contribution in [0.15, 0.2) is 12.3 Å². The van der Waals surface area contributed by atoms with Gasteiger partial charge in [-0.2, -0.15) is 0 Å². The van der Waals surface area contributed by atoms with Crippen LogP contribution in [0.4, 0.5) is 5.95 Å². The van der Waals surface area contributed by atoms with E-state index in [0.29, 0.717) is 30.0 Å². The van der Waals surface area contributed by atoms with Crippen LogP contribution in [0.25, 0.3) is 11.0 Å². The highest BCUT2D eigenvalue weighted by Crippen LogP contribution is 2.22. The number of hydrogen-bond donors (Lipinski definition) is 1. The number of rotatable bonds is 5. The third kappa shape index (κ3) is 2.50. The van der Waals surface area contributed by atoms with Gasteiger partial charge in [-0.3, -0.25) is 4.57 Å². The van der Waals surface area contributed by atoms with Crippen molar-refractivity contribution in [1.29, 1.82) is 0 Å². The molecule has 17 heavy (non-hydrogen) atoms. The summed E-state index contributed by atoms with van der Waals surface area (Å²) in [6, 6.07) is 1.83. The summed E-state index contributed by atoms with van der Waals surface area (Å²) in [6.07, 6.45) is 3.78. The number of unbranched alkanes of at least 4 members (excludes halogenated alkanes) is 1. The summed E-state index contributed by atoms with van der Waals surface area (Å²) in [5.41, 5.74) is 7.29. The van der Waals surface area contributed by atoms with Gasteiger partial charge in [0.25, 0.3) is 0 Å². The minimum atomic E-state index is 0.363.